The number of hydrogen-bond acceptors (Lipinski definition) is 3. The Bertz CT molecular complexity index is 664. The summed E-state index contributed by atoms with van der Waals surface area (Å²) < 4.78 is 18.6. The first-order valence-electron chi connectivity index (χ1n) is 5.46. The fraction of sp³-hybridized carbons (Fsp3) is 0. The molecule has 18 heavy (non-hydrogen) atoms. The minimum Gasteiger partial charge on any atom is -0.436 e. The van der Waals surface area contributed by atoms with E-state index in [1.807, 2.05) is 30.3 Å². The molecule has 0 N–H and O–H groups in total. The van der Waals surface area contributed by atoms with Gasteiger partial charge < -0.3 is 4.42 Å². The zero-order chi connectivity index (χ0) is 12.4. The van der Waals surface area contributed by atoms with Gasteiger partial charge in [0, 0.05) is 23.4 Å². The third-order valence-corrected chi connectivity index (χ3v) is 2.54. The van der Waals surface area contributed by atoms with E-state index in [9.17, 15) is 4.39 Å². The van der Waals surface area contributed by atoms with Crippen LogP contribution in [0.3, 0.4) is 0 Å². The van der Waals surface area contributed by atoms with Gasteiger partial charge in [-0.05, 0) is 18.2 Å². The molecule has 0 fully saturated rings. The van der Waals surface area contributed by atoms with E-state index < -0.39 is 5.95 Å². The summed E-state index contributed by atoms with van der Waals surface area (Å²) in [5.41, 5.74) is 1.51. The van der Waals surface area contributed by atoms with Crippen LogP contribution in [0.15, 0.2) is 59.3 Å². The molecule has 2 heterocycles. The van der Waals surface area contributed by atoms with E-state index in [4.69, 9.17) is 4.42 Å². The maximum Gasteiger partial charge on any atom is 0.226 e. The molecule has 0 amide bonds. The first-order chi connectivity index (χ1) is 8.83. The normalized spacial score (nSPS) is 10.5. The summed E-state index contributed by atoms with van der Waals surface area (Å²) in [5, 5.41) is 0. The lowest BCUT2D eigenvalue weighted by Gasteiger charge is -1.96. The third kappa shape index (κ3) is 2.00. The molecule has 0 atom stereocenters. The Morgan fingerprint density at radius 2 is 1.78 bits per heavy atom. The Morgan fingerprint density at radius 3 is 2.56 bits per heavy atom. The van der Waals surface area contributed by atoms with Crippen LogP contribution in [0.2, 0.25) is 0 Å². The lowest BCUT2D eigenvalue weighted by atomic mass is 10.2. The largest absolute Gasteiger partial charge is 0.436 e. The van der Waals surface area contributed by atoms with Crippen LogP contribution < -0.4 is 0 Å². The number of oxazole rings is 1. The van der Waals surface area contributed by atoms with Crippen molar-refractivity contribution in [1.82, 2.24) is 9.97 Å². The highest BCUT2D eigenvalue weighted by Crippen LogP contribution is 2.25. The summed E-state index contributed by atoms with van der Waals surface area (Å²) in [6.45, 7) is 0. The highest BCUT2D eigenvalue weighted by molar-refractivity contribution is 5.60. The molecular weight excluding hydrogens is 231 g/mol. The van der Waals surface area contributed by atoms with Gasteiger partial charge in [0.15, 0.2) is 5.76 Å². The number of pyridine rings is 1. The lowest BCUT2D eigenvalue weighted by Crippen LogP contribution is -1.81. The van der Waals surface area contributed by atoms with Crippen molar-refractivity contribution in [1.29, 1.82) is 0 Å². The van der Waals surface area contributed by atoms with E-state index in [0.29, 0.717) is 17.2 Å². The summed E-state index contributed by atoms with van der Waals surface area (Å²) in [4.78, 5) is 7.68. The third-order valence-electron chi connectivity index (χ3n) is 2.54. The Hall–Kier alpha value is -2.49. The van der Waals surface area contributed by atoms with Crippen LogP contribution in [0.4, 0.5) is 4.39 Å². The topological polar surface area (TPSA) is 38.9 Å². The Balaban J connectivity index is 2.00. The molecule has 0 saturated heterocycles. The molecule has 0 saturated carbocycles. The Labute approximate surface area is 103 Å². The van der Waals surface area contributed by atoms with E-state index in [1.165, 1.54) is 12.3 Å². The summed E-state index contributed by atoms with van der Waals surface area (Å²) in [5.74, 6) is 0.503. The smallest absolute Gasteiger partial charge is 0.226 e. The average Bonchev–Trinajstić information content (AvgIpc) is 2.89. The number of aromatic nitrogens is 2. The monoisotopic (exact) mass is 240 g/mol. The fourth-order valence-corrected chi connectivity index (χ4v) is 1.68. The number of rotatable bonds is 2. The standard InChI is InChI=1S/C14H9FN2O/c15-13-8-11(6-7-16-13)12-9-17-14(18-12)10-4-2-1-3-5-10/h1-9H. The number of hydrogen-bond donors (Lipinski definition) is 0. The van der Waals surface area contributed by atoms with Crippen molar-refractivity contribution in [2.24, 2.45) is 0 Å². The highest BCUT2D eigenvalue weighted by Gasteiger charge is 2.08. The Morgan fingerprint density at radius 1 is 0.944 bits per heavy atom. The fourth-order valence-electron chi connectivity index (χ4n) is 1.68. The van der Waals surface area contributed by atoms with Gasteiger partial charge in [0.2, 0.25) is 11.8 Å². The Kier molecular flexibility index (Phi) is 2.61. The molecule has 0 aliphatic rings. The summed E-state index contributed by atoms with van der Waals surface area (Å²) in [6, 6.07) is 12.5. The van der Waals surface area contributed by atoms with Crippen molar-refractivity contribution in [3.05, 3.63) is 60.8 Å². The zero-order valence-corrected chi connectivity index (χ0v) is 9.38. The van der Waals surface area contributed by atoms with Crippen LogP contribution in [0.5, 0.6) is 0 Å². The maximum atomic E-state index is 13.0. The molecule has 1 aromatic carbocycles. The second kappa shape index (κ2) is 4.41. The first-order valence-corrected chi connectivity index (χ1v) is 5.46. The van der Waals surface area contributed by atoms with Gasteiger partial charge in [-0.15, -0.1) is 0 Å². The van der Waals surface area contributed by atoms with Gasteiger partial charge in [0.25, 0.3) is 0 Å². The molecule has 0 spiro atoms. The molecule has 0 aliphatic heterocycles. The second-order valence-corrected chi connectivity index (χ2v) is 3.76. The number of halogens is 1. The van der Waals surface area contributed by atoms with Gasteiger partial charge in [0.05, 0.1) is 6.20 Å². The minimum atomic E-state index is -0.537. The first kappa shape index (κ1) is 10.7. The van der Waals surface area contributed by atoms with Gasteiger partial charge >= 0.3 is 0 Å². The van der Waals surface area contributed by atoms with E-state index in [0.717, 1.165) is 5.56 Å². The minimum absolute atomic E-state index is 0.517. The number of benzene rings is 1. The predicted molar refractivity (Wildman–Crippen MR) is 65.1 cm³/mol. The molecule has 88 valence electrons. The van der Waals surface area contributed by atoms with Crippen LogP contribution in [0.1, 0.15) is 0 Å². The van der Waals surface area contributed by atoms with E-state index in [1.54, 1.807) is 12.3 Å². The molecule has 3 rings (SSSR count). The number of nitrogens with zero attached hydrogens (tertiary/aromatic N) is 2. The van der Waals surface area contributed by atoms with E-state index in [-0.39, 0.29) is 0 Å². The molecule has 0 radical (unpaired) electrons. The van der Waals surface area contributed by atoms with Gasteiger partial charge in [-0.1, -0.05) is 18.2 Å². The maximum absolute atomic E-state index is 13.0. The van der Waals surface area contributed by atoms with Crippen LogP contribution in [0, 0.1) is 5.95 Å². The molecule has 3 aromatic rings. The van der Waals surface area contributed by atoms with Crippen LogP contribution in [0.25, 0.3) is 22.8 Å². The van der Waals surface area contributed by atoms with Gasteiger partial charge in [-0.2, -0.15) is 4.39 Å². The quantitative estimate of drug-likeness (QED) is 0.643. The van der Waals surface area contributed by atoms with Crippen molar-refractivity contribution in [3.63, 3.8) is 0 Å². The highest BCUT2D eigenvalue weighted by atomic mass is 19.1. The van der Waals surface area contributed by atoms with Crippen molar-refractivity contribution < 1.29 is 8.81 Å². The van der Waals surface area contributed by atoms with Gasteiger partial charge in [0.1, 0.15) is 0 Å². The summed E-state index contributed by atoms with van der Waals surface area (Å²) in [7, 11) is 0. The van der Waals surface area contributed by atoms with E-state index in [2.05, 4.69) is 9.97 Å². The molecular formula is C14H9FN2O. The SMILES string of the molecule is Fc1cc(-c2cnc(-c3ccccc3)o2)ccn1. The van der Waals surface area contributed by atoms with Gasteiger partial charge in [-0.3, -0.25) is 0 Å². The molecule has 0 aliphatic carbocycles. The van der Waals surface area contributed by atoms with Crippen LogP contribution >= 0.6 is 0 Å². The predicted octanol–water partition coefficient (Wildman–Crippen LogP) is 3.54. The average molecular weight is 240 g/mol. The molecule has 2 aromatic heterocycles. The lowest BCUT2D eigenvalue weighted by molar-refractivity contribution is 0.574. The zero-order valence-electron chi connectivity index (χ0n) is 9.38. The van der Waals surface area contributed by atoms with Crippen molar-refractivity contribution in [3.8, 4) is 22.8 Å². The van der Waals surface area contributed by atoms with Crippen molar-refractivity contribution >= 4 is 0 Å². The van der Waals surface area contributed by atoms with Crippen LogP contribution in [-0.4, -0.2) is 9.97 Å². The summed E-state index contributed by atoms with van der Waals surface area (Å²) >= 11 is 0. The molecule has 3 nitrogen and oxygen atoms in total. The molecule has 0 bridgehead atoms. The van der Waals surface area contributed by atoms with Crippen LogP contribution in [-0.2, 0) is 0 Å². The summed E-state index contributed by atoms with van der Waals surface area (Å²) in [6.07, 6.45) is 2.98. The molecule has 0 unspecified atom stereocenters. The van der Waals surface area contributed by atoms with Gasteiger partial charge in [-0.25, -0.2) is 9.97 Å². The van der Waals surface area contributed by atoms with E-state index >= 15 is 0 Å². The second-order valence-electron chi connectivity index (χ2n) is 3.76. The van der Waals surface area contributed by atoms with Crippen molar-refractivity contribution in [2.75, 3.05) is 0 Å². The molecule has 4 heteroatoms. The van der Waals surface area contributed by atoms with Crippen molar-refractivity contribution in [2.45, 2.75) is 0 Å².